The molecule has 0 radical (unpaired) electrons. The summed E-state index contributed by atoms with van der Waals surface area (Å²) in [4.78, 5) is 16.4. The minimum Gasteiger partial charge on any atom is -0.483 e. The van der Waals surface area contributed by atoms with Gasteiger partial charge >= 0.3 is 0 Å². The van der Waals surface area contributed by atoms with Gasteiger partial charge in [0.05, 0.1) is 5.52 Å². The van der Waals surface area contributed by atoms with Crippen molar-refractivity contribution in [3.63, 3.8) is 0 Å². The number of carbonyl (C=O) groups excluding carboxylic acids is 1. The molecule has 4 rings (SSSR count). The fourth-order valence-corrected chi connectivity index (χ4v) is 3.48. The summed E-state index contributed by atoms with van der Waals surface area (Å²) in [6.07, 6.45) is 4.97. The highest BCUT2D eigenvalue weighted by molar-refractivity contribution is 6.11. The highest BCUT2D eigenvalue weighted by Gasteiger charge is 2.31. The van der Waals surface area contributed by atoms with Gasteiger partial charge in [-0.1, -0.05) is 0 Å². The number of ether oxygens (including phenoxy) is 2. The minimum absolute atomic E-state index is 0.0315. The number of nitrogens with one attached hydrogen (secondary N) is 2. The zero-order valence-corrected chi connectivity index (χ0v) is 16.6. The van der Waals surface area contributed by atoms with Crippen molar-refractivity contribution in [2.75, 3.05) is 32.6 Å². The Balaban J connectivity index is 1.55. The van der Waals surface area contributed by atoms with Crippen LogP contribution in [-0.4, -0.2) is 60.7 Å². The number of amides is 1. The van der Waals surface area contributed by atoms with Crippen molar-refractivity contribution < 1.29 is 14.3 Å². The maximum Gasteiger partial charge on any atom is 0.228 e. The van der Waals surface area contributed by atoms with Crippen LogP contribution in [-0.2, 0) is 14.3 Å². The number of methoxy groups -OCH3 is 1. The van der Waals surface area contributed by atoms with Crippen LogP contribution in [0, 0.1) is 5.92 Å². The Hall–Kier alpha value is -2.91. The molecule has 1 saturated carbocycles. The number of aliphatic imine (C=N–C) groups is 1. The maximum absolute atomic E-state index is 12.0. The van der Waals surface area contributed by atoms with Gasteiger partial charge in [-0.25, -0.2) is 4.52 Å². The first-order valence-electron chi connectivity index (χ1n) is 9.72. The fourth-order valence-electron chi connectivity index (χ4n) is 3.48. The van der Waals surface area contributed by atoms with Crippen molar-refractivity contribution in [1.82, 2.24) is 14.9 Å². The molecule has 0 spiro atoms. The molecule has 9 heteroatoms. The number of nitrogens with zero attached hydrogens (tertiary/aromatic N) is 3. The molecule has 1 amide bonds. The van der Waals surface area contributed by atoms with Crippen molar-refractivity contribution in [3.8, 4) is 0 Å². The molecule has 29 heavy (non-hydrogen) atoms. The van der Waals surface area contributed by atoms with E-state index >= 15 is 0 Å². The standard InChI is InChI=1S/C20H26N6O3/c1-22-19(15(9-21)29-17-11-23-10-16(17)28-2)13-5-6-26-14(7-13)8-18(25-26)24-20(27)12-3-4-12/h5-9,12,16-17,23H,3-4,10-11,21H2,1-2H3,(H,24,25,27)/b15-9-,22-19?/t16-,17+/m0/s1. The summed E-state index contributed by atoms with van der Waals surface area (Å²) in [5.41, 5.74) is 8.18. The maximum atomic E-state index is 12.0. The topological polar surface area (TPSA) is 115 Å². The lowest BCUT2D eigenvalue weighted by Gasteiger charge is -2.21. The number of carbonyl (C=O) groups is 1. The number of hydrogen-bond acceptors (Lipinski definition) is 7. The second-order valence-electron chi connectivity index (χ2n) is 7.27. The van der Waals surface area contributed by atoms with Crippen molar-refractivity contribution in [1.29, 1.82) is 0 Å². The molecule has 2 fully saturated rings. The lowest BCUT2D eigenvalue weighted by molar-refractivity contribution is -0.117. The van der Waals surface area contributed by atoms with Gasteiger partial charge in [0, 0.05) is 57.2 Å². The fraction of sp³-hybridized carbons (Fsp3) is 0.450. The van der Waals surface area contributed by atoms with E-state index in [0.717, 1.165) is 30.5 Å². The van der Waals surface area contributed by atoms with E-state index in [2.05, 4.69) is 20.7 Å². The number of hydrogen-bond donors (Lipinski definition) is 3. The molecular weight excluding hydrogens is 372 g/mol. The molecule has 154 valence electrons. The zero-order valence-electron chi connectivity index (χ0n) is 16.6. The lowest BCUT2D eigenvalue weighted by Crippen LogP contribution is -2.30. The molecule has 9 nitrogen and oxygen atoms in total. The van der Waals surface area contributed by atoms with Crippen LogP contribution in [0.4, 0.5) is 5.82 Å². The van der Waals surface area contributed by atoms with Crippen LogP contribution in [0.3, 0.4) is 0 Å². The Morgan fingerprint density at radius 2 is 2.17 bits per heavy atom. The third kappa shape index (κ3) is 4.10. The number of fused-ring (bicyclic) bond motifs is 1. The number of nitrogens with two attached hydrogens (primary N) is 1. The van der Waals surface area contributed by atoms with Gasteiger partial charge in [0.15, 0.2) is 11.6 Å². The number of allylic oxidation sites excluding steroid dienone is 1. The molecule has 2 aliphatic rings. The number of anilines is 1. The van der Waals surface area contributed by atoms with Crippen LogP contribution in [0.15, 0.2) is 41.3 Å². The molecule has 4 N–H and O–H groups in total. The second kappa shape index (κ2) is 8.22. The summed E-state index contributed by atoms with van der Waals surface area (Å²) in [7, 11) is 3.37. The van der Waals surface area contributed by atoms with Crippen molar-refractivity contribution in [3.05, 3.63) is 41.9 Å². The third-order valence-corrected chi connectivity index (χ3v) is 5.23. The molecule has 1 saturated heterocycles. The Bertz CT molecular complexity index is 962. The molecular formula is C20H26N6O3. The summed E-state index contributed by atoms with van der Waals surface area (Å²) in [6.45, 7) is 1.41. The van der Waals surface area contributed by atoms with Crippen molar-refractivity contribution in [2.45, 2.75) is 25.0 Å². The first-order valence-corrected chi connectivity index (χ1v) is 9.72. The summed E-state index contributed by atoms with van der Waals surface area (Å²) in [5, 5.41) is 10.5. The molecule has 2 atom stereocenters. The van der Waals surface area contributed by atoms with Crippen LogP contribution in [0.25, 0.3) is 5.52 Å². The van der Waals surface area contributed by atoms with Gasteiger partial charge in [-0.2, -0.15) is 5.10 Å². The number of aromatic nitrogens is 2. The minimum atomic E-state index is -0.144. The van der Waals surface area contributed by atoms with E-state index in [0.29, 0.717) is 23.8 Å². The molecule has 0 bridgehead atoms. The highest BCUT2D eigenvalue weighted by atomic mass is 16.5. The molecule has 1 aliphatic carbocycles. The summed E-state index contributed by atoms with van der Waals surface area (Å²) in [6, 6.07) is 5.67. The number of rotatable bonds is 7. The quantitative estimate of drug-likeness (QED) is 0.472. The summed E-state index contributed by atoms with van der Waals surface area (Å²) in [5.74, 6) is 1.20. The first kappa shape index (κ1) is 19.4. The summed E-state index contributed by atoms with van der Waals surface area (Å²) >= 11 is 0. The van der Waals surface area contributed by atoms with Crippen LogP contribution in [0.2, 0.25) is 0 Å². The van der Waals surface area contributed by atoms with Gasteiger partial charge in [0.25, 0.3) is 0 Å². The first-order chi connectivity index (χ1) is 14.1. The van der Waals surface area contributed by atoms with E-state index < -0.39 is 0 Å². The van der Waals surface area contributed by atoms with Crippen LogP contribution < -0.4 is 16.4 Å². The monoisotopic (exact) mass is 398 g/mol. The van der Waals surface area contributed by atoms with Crippen LogP contribution in [0.1, 0.15) is 18.4 Å². The van der Waals surface area contributed by atoms with E-state index in [4.69, 9.17) is 15.2 Å². The highest BCUT2D eigenvalue weighted by Crippen LogP contribution is 2.30. The molecule has 1 aliphatic heterocycles. The smallest absolute Gasteiger partial charge is 0.228 e. The van der Waals surface area contributed by atoms with E-state index in [9.17, 15) is 4.79 Å². The van der Waals surface area contributed by atoms with E-state index in [1.54, 1.807) is 18.7 Å². The molecule has 0 unspecified atom stereocenters. The van der Waals surface area contributed by atoms with Crippen molar-refractivity contribution >= 4 is 23.0 Å². The third-order valence-electron chi connectivity index (χ3n) is 5.23. The zero-order chi connectivity index (χ0) is 20.4. The van der Waals surface area contributed by atoms with E-state index in [1.165, 1.54) is 6.20 Å². The Labute approximate surface area is 169 Å². The Morgan fingerprint density at radius 3 is 2.86 bits per heavy atom. The normalized spacial score (nSPS) is 22.8. The van der Waals surface area contributed by atoms with Gasteiger partial charge < -0.3 is 25.8 Å². The number of pyridine rings is 1. The average molecular weight is 398 g/mol. The molecule has 3 heterocycles. The lowest BCUT2D eigenvalue weighted by atomic mass is 10.1. The Kier molecular flexibility index (Phi) is 5.50. The second-order valence-corrected chi connectivity index (χ2v) is 7.27. The van der Waals surface area contributed by atoms with Crippen molar-refractivity contribution in [2.24, 2.45) is 16.6 Å². The van der Waals surface area contributed by atoms with Crippen LogP contribution in [0.5, 0.6) is 0 Å². The molecule has 2 aromatic heterocycles. The predicted octanol–water partition coefficient (Wildman–Crippen LogP) is 0.905. The Morgan fingerprint density at radius 1 is 1.38 bits per heavy atom. The summed E-state index contributed by atoms with van der Waals surface area (Å²) < 4.78 is 13.3. The van der Waals surface area contributed by atoms with Gasteiger partial charge in [-0.3, -0.25) is 9.79 Å². The van der Waals surface area contributed by atoms with Gasteiger partial charge in [0.1, 0.15) is 17.9 Å². The van der Waals surface area contributed by atoms with E-state index in [-0.39, 0.29) is 24.0 Å². The SMILES string of the molecule is CN=C(/C(=C/N)O[C@@H]1CNC[C@@H]1OC)c1ccn2nc(NC(=O)C3CC3)cc2c1. The van der Waals surface area contributed by atoms with Gasteiger partial charge in [-0.15, -0.1) is 0 Å². The van der Waals surface area contributed by atoms with Gasteiger partial charge in [0.2, 0.25) is 5.91 Å². The average Bonchev–Trinajstić information content (AvgIpc) is 3.36. The molecule has 0 aromatic carbocycles. The predicted molar refractivity (Wildman–Crippen MR) is 110 cm³/mol. The van der Waals surface area contributed by atoms with Gasteiger partial charge in [-0.05, 0) is 25.0 Å². The van der Waals surface area contributed by atoms with Crippen LogP contribution >= 0.6 is 0 Å². The van der Waals surface area contributed by atoms with E-state index in [1.807, 2.05) is 24.4 Å². The largest absolute Gasteiger partial charge is 0.483 e. The molecule has 2 aromatic rings.